The lowest BCUT2D eigenvalue weighted by Crippen LogP contribution is -2.38. The van der Waals surface area contributed by atoms with Gasteiger partial charge in [-0.25, -0.2) is 13.1 Å². The van der Waals surface area contributed by atoms with Gasteiger partial charge in [-0.15, -0.1) is 0 Å². The molecule has 0 spiro atoms. The van der Waals surface area contributed by atoms with Crippen LogP contribution in [0.15, 0.2) is 22.7 Å². The number of piperidine rings is 1. The fraction of sp³-hybridized carbons (Fsp3) is 0.727. The van der Waals surface area contributed by atoms with Crippen LogP contribution in [0.5, 0.6) is 5.75 Å². The number of halogens is 1. The van der Waals surface area contributed by atoms with Gasteiger partial charge < -0.3 is 9.64 Å². The predicted molar refractivity (Wildman–Crippen MR) is 122 cm³/mol. The summed E-state index contributed by atoms with van der Waals surface area (Å²) in [6.07, 6.45) is 10.4. The zero-order valence-electron chi connectivity index (χ0n) is 17.7. The number of nitrogens with one attached hydrogen (secondary N) is 1. The standard InChI is InChI=1S/C22H35BrN2O3S/c1-28-21-7-8-22(23)19(16-21)15-18-10-13-25(14-11-18)12-9-17-3-5-20(6-4-17)24-29(2,26)27/h7-8,16-18,20,24H,3-6,9-15H2,1-2H3. The molecule has 1 aliphatic carbocycles. The quantitative estimate of drug-likeness (QED) is 0.597. The monoisotopic (exact) mass is 486 g/mol. The first-order valence-corrected chi connectivity index (χ1v) is 13.5. The summed E-state index contributed by atoms with van der Waals surface area (Å²) in [4.78, 5) is 2.62. The van der Waals surface area contributed by atoms with E-state index in [1.807, 2.05) is 6.07 Å². The molecule has 1 aromatic rings. The van der Waals surface area contributed by atoms with Gasteiger partial charge in [-0.2, -0.15) is 0 Å². The van der Waals surface area contributed by atoms with Crippen molar-refractivity contribution in [3.05, 3.63) is 28.2 Å². The Morgan fingerprint density at radius 1 is 1.10 bits per heavy atom. The summed E-state index contributed by atoms with van der Waals surface area (Å²) in [6, 6.07) is 6.39. The van der Waals surface area contributed by atoms with Crippen LogP contribution in [-0.4, -0.2) is 52.4 Å². The highest BCUT2D eigenvalue weighted by Gasteiger charge is 2.25. The molecule has 0 amide bonds. The Balaban J connectivity index is 1.35. The van der Waals surface area contributed by atoms with Crippen LogP contribution >= 0.6 is 15.9 Å². The normalized spacial score (nSPS) is 24.5. The molecule has 29 heavy (non-hydrogen) atoms. The van der Waals surface area contributed by atoms with Crippen LogP contribution in [0.2, 0.25) is 0 Å². The van der Waals surface area contributed by atoms with Gasteiger partial charge >= 0.3 is 0 Å². The van der Waals surface area contributed by atoms with Gasteiger partial charge in [0, 0.05) is 10.5 Å². The number of hydrogen-bond acceptors (Lipinski definition) is 4. The van der Waals surface area contributed by atoms with Crippen molar-refractivity contribution in [3.63, 3.8) is 0 Å². The highest BCUT2D eigenvalue weighted by Crippen LogP contribution is 2.30. The maximum atomic E-state index is 11.4. The van der Waals surface area contributed by atoms with Gasteiger partial charge in [0.15, 0.2) is 0 Å². The first kappa shape index (κ1) is 23.0. The number of likely N-dealkylation sites (tertiary alicyclic amines) is 1. The highest BCUT2D eigenvalue weighted by atomic mass is 79.9. The summed E-state index contributed by atoms with van der Waals surface area (Å²) in [5, 5.41) is 0. The van der Waals surface area contributed by atoms with Crippen LogP contribution in [0.1, 0.15) is 50.5 Å². The molecular formula is C22H35BrN2O3S. The zero-order valence-corrected chi connectivity index (χ0v) is 20.1. The minimum Gasteiger partial charge on any atom is -0.497 e. The molecule has 164 valence electrons. The number of hydrogen-bond donors (Lipinski definition) is 1. The predicted octanol–water partition coefficient (Wildman–Crippen LogP) is 4.21. The minimum atomic E-state index is -3.07. The molecule has 1 saturated heterocycles. The van der Waals surface area contributed by atoms with Crippen molar-refractivity contribution in [2.45, 2.75) is 57.4 Å². The SMILES string of the molecule is COc1ccc(Br)c(CC2CCN(CCC3CCC(NS(C)(=O)=O)CC3)CC2)c1. The van der Waals surface area contributed by atoms with Crippen LogP contribution in [-0.2, 0) is 16.4 Å². The van der Waals surface area contributed by atoms with Crippen LogP contribution < -0.4 is 9.46 Å². The molecule has 2 fully saturated rings. The fourth-order valence-corrected chi connectivity index (χ4v) is 6.05. The van der Waals surface area contributed by atoms with E-state index in [0.29, 0.717) is 0 Å². The molecule has 5 nitrogen and oxygen atoms in total. The molecule has 0 aromatic heterocycles. The Labute approximate surface area is 184 Å². The van der Waals surface area contributed by atoms with Crippen molar-refractivity contribution in [1.29, 1.82) is 0 Å². The van der Waals surface area contributed by atoms with Gasteiger partial charge in [0.05, 0.1) is 13.4 Å². The second-order valence-electron chi connectivity index (χ2n) is 8.84. The van der Waals surface area contributed by atoms with Crippen LogP contribution in [0.25, 0.3) is 0 Å². The van der Waals surface area contributed by atoms with Crippen molar-refractivity contribution >= 4 is 26.0 Å². The third-order valence-corrected chi connectivity index (χ3v) is 8.08. The number of benzene rings is 1. The third kappa shape index (κ3) is 7.53. The lowest BCUT2D eigenvalue weighted by Gasteiger charge is -2.34. The van der Waals surface area contributed by atoms with Crippen molar-refractivity contribution < 1.29 is 13.2 Å². The maximum absolute atomic E-state index is 11.4. The van der Waals surface area contributed by atoms with Gasteiger partial charge in [0.2, 0.25) is 10.0 Å². The summed E-state index contributed by atoms with van der Waals surface area (Å²) in [7, 11) is -1.35. The van der Waals surface area contributed by atoms with E-state index in [-0.39, 0.29) is 6.04 Å². The summed E-state index contributed by atoms with van der Waals surface area (Å²) < 4.78 is 32.1. The number of nitrogens with zero attached hydrogens (tertiary/aromatic N) is 1. The summed E-state index contributed by atoms with van der Waals surface area (Å²) >= 11 is 3.68. The van der Waals surface area contributed by atoms with E-state index in [9.17, 15) is 8.42 Å². The van der Waals surface area contributed by atoms with Crippen molar-refractivity contribution in [1.82, 2.24) is 9.62 Å². The average molecular weight is 488 g/mol. The summed E-state index contributed by atoms with van der Waals surface area (Å²) in [5.74, 6) is 2.42. The molecule has 0 radical (unpaired) electrons. The van der Waals surface area contributed by atoms with Crippen LogP contribution in [0, 0.1) is 11.8 Å². The Hall–Kier alpha value is -0.630. The molecule has 0 unspecified atom stereocenters. The Bertz CT molecular complexity index is 755. The first-order chi connectivity index (χ1) is 13.8. The molecule has 2 aliphatic rings. The molecule has 1 aromatic carbocycles. The molecule has 0 bridgehead atoms. The molecule has 1 heterocycles. The Morgan fingerprint density at radius 2 is 1.79 bits per heavy atom. The van der Waals surface area contributed by atoms with E-state index in [1.165, 1.54) is 55.2 Å². The molecule has 7 heteroatoms. The van der Waals surface area contributed by atoms with E-state index in [0.717, 1.165) is 49.7 Å². The van der Waals surface area contributed by atoms with Crippen LogP contribution in [0.3, 0.4) is 0 Å². The number of ether oxygens (including phenoxy) is 1. The molecular weight excluding hydrogens is 452 g/mol. The fourth-order valence-electron chi connectivity index (χ4n) is 4.80. The molecule has 0 atom stereocenters. The van der Waals surface area contributed by atoms with Gasteiger partial charge in [0.1, 0.15) is 5.75 Å². The lowest BCUT2D eigenvalue weighted by molar-refractivity contribution is 0.164. The largest absolute Gasteiger partial charge is 0.497 e. The smallest absolute Gasteiger partial charge is 0.208 e. The van der Waals surface area contributed by atoms with Gasteiger partial charge in [0.25, 0.3) is 0 Å². The lowest BCUT2D eigenvalue weighted by atomic mass is 9.84. The molecule has 1 N–H and O–H groups in total. The van der Waals surface area contributed by atoms with E-state index in [1.54, 1.807) is 7.11 Å². The van der Waals surface area contributed by atoms with Gasteiger partial charge in [-0.05, 0) is 107 Å². The Kier molecular flexibility index (Phi) is 8.42. The minimum absolute atomic E-state index is 0.146. The van der Waals surface area contributed by atoms with Crippen molar-refractivity contribution in [2.75, 3.05) is 33.0 Å². The van der Waals surface area contributed by atoms with Crippen molar-refractivity contribution in [3.8, 4) is 5.75 Å². The van der Waals surface area contributed by atoms with E-state index < -0.39 is 10.0 Å². The first-order valence-electron chi connectivity index (χ1n) is 10.8. The highest BCUT2D eigenvalue weighted by molar-refractivity contribution is 9.10. The second-order valence-corrected chi connectivity index (χ2v) is 11.5. The second kappa shape index (κ2) is 10.6. The van der Waals surface area contributed by atoms with Crippen molar-refractivity contribution in [2.24, 2.45) is 11.8 Å². The maximum Gasteiger partial charge on any atom is 0.208 e. The molecule has 1 aliphatic heterocycles. The molecule has 1 saturated carbocycles. The molecule has 3 rings (SSSR count). The Morgan fingerprint density at radius 3 is 2.41 bits per heavy atom. The van der Waals surface area contributed by atoms with Gasteiger partial charge in [-0.3, -0.25) is 0 Å². The zero-order chi connectivity index (χ0) is 20.9. The third-order valence-electron chi connectivity index (χ3n) is 6.55. The average Bonchev–Trinajstić information content (AvgIpc) is 2.69. The number of sulfonamides is 1. The summed E-state index contributed by atoms with van der Waals surface area (Å²) in [6.45, 7) is 3.57. The topological polar surface area (TPSA) is 58.6 Å². The van der Waals surface area contributed by atoms with E-state index in [4.69, 9.17) is 4.74 Å². The van der Waals surface area contributed by atoms with E-state index in [2.05, 4.69) is 37.7 Å². The summed E-state index contributed by atoms with van der Waals surface area (Å²) in [5.41, 5.74) is 1.35. The van der Waals surface area contributed by atoms with E-state index >= 15 is 0 Å². The number of methoxy groups -OCH3 is 1. The van der Waals surface area contributed by atoms with Crippen LogP contribution in [0.4, 0.5) is 0 Å². The van der Waals surface area contributed by atoms with Gasteiger partial charge in [-0.1, -0.05) is 15.9 Å². The number of rotatable bonds is 8.